The van der Waals surface area contributed by atoms with Crippen LogP contribution in [-0.4, -0.2) is 48.7 Å². The van der Waals surface area contributed by atoms with E-state index in [1.807, 2.05) is 39.0 Å². The average Bonchev–Trinajstić information content (AvgIpc) is 2.48. The number of rotatable bonds is 5. The van der Waals surface area contributed by atoms with Crippen molar-refractivity contribution < 1.29 is 19.1 Å². The van der Waals surface area contributed by atoms with Crippen LogP contribution in [-0.2, 0) is 16.0 Å². The van der Waals surface area contributed by atoms with E-state index in [0.717, 1.165) is 11.1 Å². The normalized spacial score (nSPS) is 14.5. The van der Waals surface area contributed by atoms with Crippen molar-refractivity contribution in [3.05, 3.63) is 35.9 Å². The predicted octanol–water partition coefficient (Wildman–Crippen LogP) is 2.62. The molecule has 1 heterocycles. The summed E-state index contributed by atoms with van der Waals surface area (Å²) in [5.74, 6) is 0.685. The molecule has 6 nitrogen and oxygen atoms in total. The lowest BCUT2D eigenvalue weighted by atomic mass is 10.0. The third kappa shape index (κ3) is 5.24. The van der Waals surface area contributed by atoms with Crippen molar-refractivity contribution in [2.75, 3.05) is 20.2 Å². The maximum Gasteiger partial charge on any atom is 0.407 e. The first-order chi connectivity index (χ1) is 11.7. The number of carbonyl (C=O) groups is 2. The Labute approximate surface area is 148 Å². The van der Waals surface area contributed by atoms with Gasteiger partial charge in [-0.25, -0.2) is 4.79 Å². The summed E-state index contributed by atoms with van der Waals surface area (Å²) in [6.07, 6.45) is 1.53. The highest BCUT2D eigenvalue weighted by molar-refractivity contribution is 5.81. The molecule has 1 N–H and O–H groups in total. The van der Waals surface area contributed by atoms with Gasteiger partial charge in [-0.3, -0.25) is 4.79 Å². The molecule has 0 spiro atoms. The van der Waals surface area contributed by atoms with E-state index in [-0.39, 0.29) is 18.4 Å². The molecule has 1 saturated heterocycles. The highest BCUT2D eigenvalue weighted by atomic mass is 16.6. The van der Waals surface area contributed by atoms with Gasteiger partial charge in [0.1, 0.15) is 11.4 Å². The fourth-order valence-electron chi connectivity index (χ4n) is 2.59. The standard InChI is InChI=1S/C19H26N2O4/c1-6-13-7-8-16(24-5)14(9-13)10-17(22)21-11-15(12-21)20-18(23)25-19(2,3)4/h6-9,15H,1,10-12H2,2-5H3,(H,20,23). The Morgan fingerprint density at radius 1 is 1.36 bits per heavy atom. The number of nitrogens with zero attached hydrogens (tertiary/aromatic N) is 1. The van der Waals surface area contributed by atoms with E-state index in [1.54, 1.807) is 18.1 Å². The van der Waals surface area contributed by atoms with Crippen LogP contribution in [0.15, 0.2) is 24.8 Å². The minimum Gasteiger partial charge on any atom is -0.496 e. The van der Waals surface area contributed by atoms with Crippen LogP contribution in [0.4, 0.5) is 4.79 Å². The van der Waals surface area contributed by atoms with Crippen LogP contribution in [0.1, 0.15) is 31.9 Å². The lowest BCUT2D eigenvalue weighted by Crippen LogP contribution is -2.61. The molecule has 0 radical (unpaired) electrons. The third-order valence-electron chi connectivity index (χ3n) is 3.84. The van der Waals surface area contributed by atoms with Crippen LogP contribution in [0.2, 0.25) is 0 Å². The fraction of sp³-hybridized carbons (Fsp3) is 0.474. The van der Waals surface area contributed by atoms with E-state index in [0.29, 0.717) is 18.8 Å². The van der Waals surface area contributed by atoms with Gasteiger partial charge in [-0.15, -0.1) is 0 Å². The van der Waals surface area contributed by atoms with Crippen LogP contribution in [0, 0.1) is 0 Å². The molecular formula is C19H26N2O4. The zero-order valence-electron chi connectivity index (χ0n) is 15.3. The number of nitrogens with one attached hydrogen (secondary N) is 1. The van der Waals surface area contributed by atoms with Gasteiger partial charge in [0.05, 0.1) is 19.6 Å². The topological polar surface area (TPSA) is 67.9 Å². The summed E-state index contributed by atoms with van der Waals surface area (Å²) < 4.78 is 10.5. The molecule has 1 fully saturated rings. The number of alkyl carbamates (subject to hydrolysis) is 1. The molecule has 0 aliphatic carbocycles. The maximum absolute atomic E-state index is 12.4. The first-order valence-corrected chi connectivity index (χ1v) is 8.28. The number of carbonyl (C=O) groups excluding carboxylic acids is 2. The number of methoxy groups -OCH3 is 1. The second-order valence-electron chi connectivity index (χ2n) is 7.09. The minimum absolute atomic E-state index is 0.00162. The Hall–Kier alpha value is -2.50. The zero-order valence-corrected chi connectivity index (χ0v) is 15.3. The molecule has 0 aromatic heterocycles. The Kier molecular flexibility index (Phi) is 5.72. The molecule has 136 valence electrons. The molecule has 6 heteroatoms. The Morgan fingerprint density at radius 2 is 2.04 bits per heavy atom. The molecule has 1 aliphatic rings. The molecule has 0 atom stereocenters. The Balaban J connectivity index is 1.86. The molecule has 1 aromatic rings. The van der Waals surface area contributed by atoms with Crippen molar-refractivity contribution in [3.8, 4) is 5.75 Å². The highest BCUT2D eigenvalue weighted by Crippen LogP contribution is 2.22. The second kappa shape index (κ2) is 7.59. The van der Waals surface area contributed by atoms with Crippen LogP contribution >= 0.6 is 0 Å². The van der Waals surface area contributed by atoms with Gasteiger partial charge in [0.15, 0.2) is 0 Å². The van der Waals surface area contributed by atoms with Crippen molar-refractivity contribution in [2.45, 2.75) is 38.8 Å². The summed E-state index contributed by atoms with van der Waals surface area (Å²) in [5, 5.41) is 2.77. The molecule has 0 saturated carbocycles. The molecule has 0 unspecified atom stereocenters. The van der Waals surface area contributed by atoms with Gasteiger partial charge in [0, 0.05) is 18.7 Å². The lowest BCUT2D eigenvalue weighted by molar-refractivity contribution is -0.135. The van der Waals surface area contributed by atoms with Crippen molar-refractivity contribution in [2.24, 2.45) is 0 Å². The van der Waals surface area contributed by atoms with Crippen molar-refractivity contribution in [1.29, 1.82) is 0 Å². The Bertz CT molecular complexity index is 658. The minimum atomic E-state index is -0.532. The monoisotopic (exact) mass is 346 g/mol. The first-order valence-electron chi connectivity index (χ1n) is 8.28. The number of ether oxygens (including phenoxy) is 2. The predicted molar refractivity (Wildman–Crippen MR) is 96.5 cm³/mol. The van der Waals surface area contributed by atoms with Gasteiger partial charge in [0.25, 0.3) is 0 Å². The number of benzene rings is 1. The van der Waals surface area contributed by atoms with E-state index < -0.39 is 11.7 Å². The number of likely N-dealkylation sites (tertiary alicyclic amines) is 1. The summed E-state index contributed by atoms with van der Waals surface area (Å²) in [6, 6.07) is 5.56. The molecule has 1 aromatic carbocycles. The summed E-state index contributed by atoms with van der Waals surface area (Å²) >= 11 is 0. The number of hydrogen-bond donors (Lipinski definition) is 1. The quantitative estimate of drug-likeness (QED) is 0.890. The second-order valence-corrected chi connectivity index (χ2v) is 7.09. The van der Waals surface area contributed by atoms with Crippen LogP contribution in [0.5, 0.6) is 5.75 Å². The fourth-order valence-corrected chi connectivity index (χ4v) is 2.59. The summed E-state index contributed by atoms with van der Waals surface area (Å²) in [7, 11) is 1.58. The molecule has 2 amide bonds. The van der Waals surface area contributed by atoms with Crippen LogP contribution in [0.3, 0.4) is 0 Å². The van der Waals surface area contributed by atoms with Crippen LogP contribution in [0.25, 0.3) is 6.08 Å². The molecule has 0 bridgehead atoms. The van der Waals surface area contributed by atoms with Crippen molar-refractivity contribution in [1.82, 2.24) is 10.2 Å². The number of hydrogen-bond acceptors (Lipinski definition) is 4. The number of amides is 2. The van der Waals surface area contributed by atoms with E-state index >= 15 is 0 Å². The van der Waals surface area contributed by atoms with Gasteiger partial charge in [-0.05, 0) is 38.5 Å². The lowest BCUT2D eigenvalue weighted by Gasteiger charge is -2.39. The van der Waals surface area contributed by atoms with Crippen molar-refractivity contribution >= 4 is 18.1 Å². The van der Waals surface area contributed by atoms with Gasteiger partial charge in [0.2, 0.25) is 5.91 Å². The van der Waals surface area contributed by atoms with Gasteiger partial charge < -0.3 is 19.7 Å². The van der Waals surface area contributed by atoms with Crippen molar-refractivity contribution in [3.63, 3.8) is 0 Å². The molecule has 1 aliphatic heterocycles. The Morgan fingerprint density at radius 3 is 2.60 bits per heavy atom. The molecular weight excluding hydrogens is 320 g/mol. The van der Waals surface area contributed by atoms with Crippen LogP contribution < -0.4 is 10.1 Å². The molecule has 25 heavy (non-hydrogen) atoms. The smallest absolute Gasteiger partial charge is 0.407 e. The van der Waals surface area contributed by atoms with Gasteiger partial charge in [-0.1, -0.05) is 18.7 Å². The van der Waals surface area contributed by atoms with E-state index in [2.05, 4.69) is 11.9 Å². The highest BCUT2D eigenvalue weighted by Gasteiger charge is 2.33. The summed E-state index contributed by atoms with van der Waals surface area (Å²) in [6.45, 7) is 10.2. The zero-order chi connectivity index (χ0) is 18.6. The summed E-state index contributed by atoms with van der Waals surface area (Å²) in [4.78, 5) is 25.9. The average molecular weight is 346 g/mol. The van der Waals surface area contributed by atoms with Gasteiger partial charge >= 0.3 is 6.09 Å². The largest absolute Gasteiger partial charge is 0.496 e. The third-order valence-corrected chi connectivity index (χ3v) is 3.84. The van der Waals surface area contributed by atoms with E-state index in [1.165, 1.54) is 0 Å². The maximum atomic E-state index is 12.4. The SMILES string of the molecule is C=Cc1ccc(OC)c(CC(=O)N2CC(NC(=O)OC(C)(C)C)C2)c1. The molecule has 2 rings (SSSR count). The summed E-state index contributed by atoms with van der Waals surface area (Å²) in [5.41, 5.74) is 1.24. The van der Waals surface area contributed by atoms with Gasteiger partial charge in [-0.2, -0.15) is 0 Å². The first kappa shape index (κ1) is 18.8. The van der Waals surface area contributed by atoms with E-state index in [9.17, 15) is 9.59 Å². The van der Waals surface area contributed by atoms with E-state index in [4.69, 9.17) is 9.47 Å².